The molecule has 4 nitrogen and oxygen atoms in total. The zero-order valence-corrected chi connectivity index (χ0v) is 13.7. The van der Waals surface area contributed by atoms with E-state index >= 15 is 0 Å². The van der Waals surface area contributed by atoms with Crippen molar-refractivity contribution in [3.8, 4) is 0 Å². The molecule has 0 atom stereocenters. The second-order valence-corrected chi connectivity index (χ2v) is 6.65. The zero-order valence-electron chi connectivity index (χ0n) is 13.7. The average molecular weight is 294 g/mol. The molecule has 1 saturated heterocycles. The Morgan fingerprint density at radius 2 is 2.10 bits per heavy atom. The maximum atomic E-state index is 5.68. The van der Waals surface area contributed by atoms with E-state index in [1.807, 2.05) is 6.26 Å². The number of rotatable bonds is 8. The predicted octanol–water partition coefficient (Wildman–Crippen LogP) is 2.88. The third-order valence-electron chi connectivity index (χ3n) is 4.03. The lowest BCUT2D eigenvalue weighted by molar-refractivity contribution is 0.0542. The van der Waals surface area contributed by atoms with E-state index in [4.69, 9.17) is 9.15 Å². The van der Waals surface area contributed by atoms with Gasteiger partial charge in [0.05, 0.1) is 12.8 Å². The fourth-order valence-electron chi connectivity index (χ4n) is 2.84. The maximum absolute atomic E-state index is 5.68. The van der Waals surface area contributed by atoms with Crippen LogP contribution in [0.2, 0.25) is 0 Å². The Kier molecular flexibility index (Phi) is 6.74. The van der Waals surface area contributed by atoms with Crippen molar-refractivity contribution in [2.24, 2.45) is 11.8 Å². The molecule has 1 aliphatic rings. The summed E-state index contributed by atoms with van der Waals surface area (Å²) in [4.78, 5) is 2.38. The summed E-state index contributed by atoms with van der Waals surface area (Å²) in [5.41, 5.74) is 1.29. The maximum Gasteiger partial charge on any atom is 0.122 e. The molecule has 1 aromatic heterocycles. The van der Waals surface area contributed by atoms with Crippen LogP contribution in [0.1, 0.15) is 38.0 Å². The van der Waals surface area contributed by atoms with Gasteiger partial charge >= 0.3 is 0 Å². The highest BCUT2D eigenvalue weighted by Gasteiger charge is 2.17. The SMILES string of the molecule is CC(C)CNCc1ccoc1CN(C)CC1CCOCC1. The lowest BCUT2D eigenvalue weighted by atomic mass is 10.00. The molecule has 120 valence electrons. The number of hydrogen-bond acceptors (Lipinski definition) is 4. The lowest BCUT2D eigenvalue weighted by Gasteiger charge is -2.26. The molecule has 1 fully saturated rings. The summed E-state index contributed by atoms with van der Waals surface area (Å²) in [6.45, 7) is 10.3. The predicted molar refractivity (Wildman–Crippen MR) is 85.1 cm³/mol. The Hall–Kier alpha value is -0.840. The van der Waals surface area contributed by atoms with Crippen molar-refractivity contribution >= 4 is 0 Å². The fraction of sp³-hybridized carbons (Fsp3) is 0.765. The van der Waals surface area contributed by atoms with E-state index in [9.17, 15) is 0 Å². The Morgan fingerprint density at radius 3 is 2.81 bits per heavy atom. The third kappa shape index (κ3) is 5.81. The van der Waals surface area contributed by atoms with Crippen molar-refractivity contribution in [1.29, 1.82) is 0 Å². The lowest BCUT2D eigenvalue weighted by Crippen LogP contribution is -2.29. The second-order valence-electron chi connectivity index (χ2n) is 6.65. The summed E-state index contributed by atoms with van der Waals surface area (Å²) >= 11 is 0. The number of furan rings is 1. The van der Waals surface area contributed by atoms with Gasteiger partial charge in [0.25, 0.3) is 0 Å². The fourth-order valence-corrected chi connectivity index (χ4v) is 2.84. The van der Waals surface area contributed by atoms with Crippen LogP contribution >= 0.6 is 0 Å². The van der Waals surface area contributed by atoms with Crippen molar-refractivity contribution in [2.75, 3.05) is 33.4 Å². The molecular weight excluding hydrogens is 264 g/mol. The minimum absolute atomic E-state index is 0.677. The average Bonchev–Trinajstić information content (AvgIpc) is 2.87. The van der Waals surface area contributed by atoms with Crippen LogP contribution in [0.5, 0.6) is 0 Å². The van der Waals surface area contributed by atoms with Crippen molar-refractivity contribution in [3.63, 3.8) is 0 Å². The number of ether oxygens (including phenoxy) is 1. The van der Waals surface area contributed by atoms with Gasteiger partial charge in [0.2, 0.25) is 0 Å². The summed E-state index contributed by atoms with van der Waals surface area (Å²) < 4.78 is 11.1. The molecule has 1 aromatic rings. The van der Waals surface area contributed by atoms with Crippen molar-refractivity contribution in [1.82, 2.24) is 10.2 Å². The summed E-state index contributed by atoms with van der Waals surface area (Å²) in [6.07, 6.45) is 4.18. The van der Waals surface area contributed by atoms with Crippen LogP contribution in [0.4, 0.5) is 0 Å². The highest BCUT2D eigenvalue weighted by atomic mass is 16.5. The second kappa shape index (κ2) is 8.57. The Morgan fingerprint density at radius 1 is 1.33 bits per heavy atom. The van der Waals surface area contributed by atoms with E-state index in [1.165, 1.54) is 18.4 Å². The molecule has 1 aliphatic heterocycles. The van der Waals surface area contributed by atoms with E-state index in [0.29, 0.717) is 5.92 Å². The molecule has 1 N–H and O–H groups in total. The summed E-state index contributed by atoms with van der Waals surface area (Å²) in [7, 11) is 2.18. The molecule has 0 aromatic carbocycles. The van der Waals surface area contributed by atoms with Gasteiger partial charge in [0.1, 0.15) is 5.76 Å². The van der Waals surface area contributed by atoms with Gasteiger partial charge in [0, 0.05) is 31.9 Å². The first-order chi connectivity index (χ1) is 10.1. The van der Waals surface area contributed by atoms with E-state index < -0.39 is 0 Å². The van der Waals surface area contributed by atoms with Crippen LogP contribution in [0.25, 0.3) is 0 Å². The number of nitrogens with one attached hydrogen (secondary N) is 1. The Bertz CT molecular complexity index is 397. The molecule has 21 heavy (non-hydrogen) atoms. The van der Waals surface area contributed by atoms with Crippen LogP contribution in [0.3, 0.4) is 0 Å². The van der Waals surface area contributed by atoms with Gasteiger partial charge in [-0.25, -0.2) is 0 Å². The van der Waals surface area contributed by atoms with Gasteiger partial charge in [0.15, 0.2) is 0 Å². The quantitative estimate of drug-likeness (QED) is 0.800. The molecule has 0 saturated carbocycles. The smallest absolute Gasteiger partial charge is 0.122 e. The van der Waals surface area contributed by atoms with Gasteiger partial charge in [-0.1, -0.05) is 13.8 Å². The van der Waals surface area contributed by atoms with Gasteiger partial charge in [-0.3, -0.25) is 4.90 Å². The molecule has 0 amide bonds. The molecule has 2 rings (SSSR count). The van der Waals surface area contributed by atoms with E-state index in [-0.39, 0.29) is 0 Å². The minimum atomic E-state index is 0.677. The van der Waals surface area contributed by atoms with Gasteiger partial charge < -0.3 is 14.5 Å². The first-order valence-electron chi connectivity index (χ1n) is 8.17. The van der Waals surface area contributed by atoms with Gasteiger partial charge in [-0.15, -0.1) is 0 Å². The topological polar surface area (TPSA) is 37.6 Å². The summed E-state index contributed by atoms with van der Waals surface area (Å²) in [5.74, 6) is 2.54. The van der Waals surface area contributed by atoms with Crippen LogP contribution in [0, 0.1) is 11.8 Å². The summed E-state index contributed by atoms with van der Waals surface area (Å²) in [5, 5.41) is 3.49. The van der Waals surface area contributed by atoms with E-state index in [1.54, 1.807) is 0 Å². The standard InChI is InChI=1S/C17H30N2O2/c1-14(2)10-18-11-16-6-9-21-17(16)13-19(3)12-15-4-7-20-8-5-15/h6,9,14-15,18H,4-5,7-8,10-13H2,1-3H3. The largest absolute Gasteiger partial charge is 0.468 e. The minimum Gasteiger partial charge on any atom is -0.468 e. The van der Waals surface area contributed by atoms with Crippen molar-refractivity contribution in [2.45, 2.75) is 39.8 Å². The van der Waals surface area contributed by atoms with Crippen molar-refractivity contribution in [3.05, 3.63) is 23.7 Å². The van der Waals surface area contributed by atoms with Crippen LogP contribution in [0.15, 0.2) is 16.7 Å². The molecule has 2 heterocycles. The molecule has 0 spiro atoms. The molecule has 0 aliphatic carbocycles. The van der Waals surface area contributed by atoms with Gasteiger partial charge in [-0.05, 0) is 44.3 Å². The zero-order chi connectivity index (χ0) is 15.1. The summed E-state index contributed by atoms with van der Waals surface area (Å²) in [6, 6.07) is 2.09. The highest BCUT2D eigenvalue weighted by Crippen LogP contribution is 2.18. The molecule has 0 bridgehead atoms. The number of nitrogens with zero attached hydrogens (tertiary/aromatic N) is 1. The molecule has 0 unspecified atom stereocenters. The molecule has 4 heteroatoms. The van der Waals surface area contributed by atoms with E-state index in [2.05, 4.69) is 37.2 Å². The monoisotopic (exact) mass is 294 g/mol. The molecular formula is C17H30N2O2. The first kappa shape index (κ1) is 16.5. The first-order valence-corrected chi connectivity index (χ1v) is 8.17. The van der Waals surface area contributed by atoms with Crippen LogP contribution in [-0.2, 0) is 17.8 Å². The van der Waals surface area contributed by atoms with Gasteiger partial charge in [-0.2, -0.15) is 0 Å². The Balaban J connectivity index is 1.77. The highest BCUT2D eigenvalue weighted by molar-refractivity contribution is 5.16. The third-order valence-corrected chi connectivity index (χ3v) is 4.03. The number of hydrogen-bond donors (Lipinski definition) is 1. The van der Waals surface area contributed by atoms with Crippen molar-refractivity contribution < 1.29 is 9.15 Å². The normalized spacial score (nSPS) is 17.0. The van der Waals surface area contributed by atoms with E-state index in [0.717, 1.165) is 51.1 Å². The molecule has 0 radical (unpaired) electrons. The van der Waals surface area contributed by atoms with Crippen LogP contribution < -0.4 is 5.32 Å². The Labute approximate surface area is 128 Å². The van der Waals surface area contributed by atoms with Crippen LogP contribution in [-0.4, -0.2) is 38.3 Å².